The maximum Gasteiger partial charge on any atom is 0.320 e. The number of ether oxygens (including phenoxy) is 1. The van der Waals surface area contributed by atoms with Gasteiger partial charge in [-0.1, -0.05) is 0 Å². The number of urea groups is 1. The average molecular weight is 299 g/mol. The molecule has 2 amide bonds. The number of aliphatic carboxylic acids is 1. The summed E-state index contributed by atoms with van der Waals surface area (Å²) in [6.07, 6.45) is 2.16. The molecule has 2 rings (SSSR count). The van der Waals surface area contributed by atoms with Crippen molar-refractivity contribution in [3.05, 3.63) is 0 Å². The number of carboxylic acids is 1. The van der Waals surface area contributed by atoms with Crippen molar-refractivity contribution >= 4 is 12.0 Å². The van der Waals surface area contributed by atoms with Crippen molar-refractivity contribution in [1.82, 2.24) is 15.1 Å². The Hall–Kier alpha value is -1.34. The van der Waals surface area contributed by atoms with E-state index in [4.69, 9.17) is 9.84 Å². The lowest BCUT2D eigenvalue weighted by Crippen LogP contribution is -2.56. The summed E-state index contributed by atoms with van der Waals surface area (Å²) in [7, 11) is 0. The highest BCUT2D eigenvalue weighted by Gasteiger charge is 2.29. The fraction of sp³-hybridized carbons (Fsp3) is 0.857. The number of rotatable bonds is 4. The molecule has 0 radical (unpaired) electrons. The second kappa shape index (κ2) is 7.09. The summed E-state index contributed by atoms with van der Waals surface area (Å²) >= 11 is 0. The van der Waals surface area contributed by atoms with Crippen LogP contribution in [0.5, 0.6) is 0 Å². The van der Waals surface area contributed by atoms with Crippen molar-refractivity contribution in [3.8, 4) is 0 Å². The van der Waals surface area contributed by atoms with Gasteiger partial charge in [0.25, 0.3) is 0 Å². The fourth-order valence-electron chi connectivity index (χ4n) is 2.84. The molecular weight excluding hydrogens is 274 g/mol. The molecule has 0 bridgehead atoms. The van der Waals surface area contributed by atoms with Gasteiger partial charge in [-0.05, 0) is 26.7 Å². The Kier molecular flexibility index (Phi) is 5.41. The Balaban J connectivity index is 1.76. The van der Waals surface area contributed by atoms with Crippen LogP contribution < -0.4 is 5.32 Å². The molecule has 2 heterocycles. The molecule has 0 aliphatic carbocycles. The third-order valence-electron chi connectivity index (χ3n) is 4.38. The van der Waals surface area contributed by atoms with Crippen LogP contribution in [0.1, 0.15) is 26.7 Å². The molecule has 2 fully saturated rings. The van der Waals surface area contributed by atoms with Crippen LogP contribution in [0.3, 0.4) is 0 Å². The van der Waals surface area contributed by atoms with Gasteiger partial charge in [-0.3, -0.25) is 9.69 Å². The van der Waals surface area contributed by atoms with Crippen LogP contribution in [-0.4, -0.2) is 77.9 Å². The van der Waals surface area contributed by atoms with Gasteiger partial charge in [0.1, 0.15) is 6.04 Å². The highest BCUT2D eigenvalue weighted by molar-refractivity contribution is 5.75. The number of hydrogen-bond acceptors (Lipinski definition) is 4. The number of carbonyl (C=O) groups excluding carboxylic acids is 1. The highest BCUT2D eigenvalue weighted by Crippen LogP contribution is 2.16. The molecule has 7 nitrogen and oxygen atoms in total. The van der Waals surface area contributed by atoms with Gasteiger partial charge in [0.05, 0.1) is 12.1 Å². The number of amides is 2. The van der Waals surface area contributed by atoms with E-state index in [1.807, 2.05) is 11.8 Å². The molecule has 21 heavy (non-hydrogen) atoms. The highest BCUT2D eigenvalue weighted by atomic mass is 16.5. The molecule has 0 aromatic heterocycles. The predicted octanol–water partition coefficient (Wildman–Crippen LogP) is 0.354. The topological polar surface area (TPSA) is 82.1 Å². The largest absolute Gasteiger partial charge is 0.480 e. The van der Waals surface area contributed by atoms with E-state index in [0.29, 0.717) is 26.2 Å². The molecule has 120 valence electrons. The summed E-state index contributed by atoms with van der Waals surface area (Å²) in [5, 5.41) is 12.0. The molecule has 3 unspecified atom stereocenters. The number of nitrogens with zero attached hydrogens (tertiary/aromatic N) is 2. The Bertz CT molecular complexity index is 376. The van der Waals surface area contributed by atoms with E-state index in [1.54, 1.807) is 11.8 Å². The molecule has 0 aromatic carbocycles. The fourth-order valence-corrected chi connectivity index (χ4v) is 2.84. The summed E-state index contributed by atoms with van der Waals surface area (Å²) < 4.78 is 5.57. The first-order valence-corrected chi connectivity index (χ1v) is 7.63. The van der Waals surface area contributed by atoms with Gasteiger partial charge in [-0.15, -0.1) is 0 Å². The first-order chi connectivity index (χ1) is 9.99. The van der Waals surface area contributed by atoms with Crippen LogP contribution >= 0.6 is 0 Å². The van der Waals surface area contributed by atoms with Crippen LogP contribution in [0.15, 0.2) is 0 Å². The van der Waals surface area contributed by atoms with Crippen LogP contribution in [0, 0.1) is 0 Å². The molecule has 0 spiro atoms. The maximum absolute atomic E-state index is 12.2. The first-order valence-electron chi connectivity index (χ1n) is 7.63. The van der Waals surface area contributed by atoms with E-state index >= 15 is 0 Å². The van der Waals surface area contributed by atoms with Crippen molar-refractivity contribution in [2.75, 3.05) is 32.8 Å². The molecule has 2 saturated heterocycles. The third kappa shape index (κ3) is 4.07. The third-order valence-corrected chi connectivity index (χ3v) is 4.38. The predicted molar refractivity (Wildman–Crippen MR) is 77.2 cm³/mol. The molecule has 2 aliphatic rings. The van der Waals surface area contributed by atoms with Crippen molar-refractivity contribution in [3.63, 3.8) is 0 Å². The standard InChI is InChI=1S/C14H25N3O4/c1-10(12-4-3-9-21-12)15-14(20)17-7-5-16(6-8-17)11(2)13(18)19/h10-12H,3-9H2,1-2H3,(H,15,20)(H,18,19). The Labute approximate surface area is 125 Å². The lowest BCUT2D eigenvalue weighted by Gasteiger charge is -2.37. The minimum Gasteiger partial charge on any atom is -0.480 e. The molecule has 0 saturated carbocycles. The van der Waals surface area contributed by atoms with E-state index < -0.39 is 12.0 Å². The molecule has 0 aromatic rings. The van der Waals surface area contributed by atoms with E-state index in [0.717, 1.165) is 19.4 Å². The molecule has 2 N–H and O–H groups in total. The van der Waals surface area contributed by atoms with Crippen molar-refractivity contribution in [2.24, 2.45) is 0 Å². The van der Waals surface area contributed by atoms with Gasteiger partial charge < -0.3 is 20.1 Å². The zero-order chi connectivity index (χ0) is 15.4. The zero-order valence-corrected chi connectivity index (χ0v) is 12.7. The van der Waals surface area contributed by atoms with Crippen molar-refractivity contribution in [1.29, 1.82) is 0 Å². The molecular formula is C14H25N3O4. The number of piperazine rings is 1. The maximum atomic E-state index is 12.2. The molecule has 2 aliphatic heterocycles. The van der Waals surface area contributed by atoms with E-state index in [1.165, 1.54) is 0 Å². The van der Waals surface area contributed by atoms with E-state index in [2.05, 4.69) is 5.32 Å². The lowest BCUT2D eigenvalue weighted by molar-refractivity contribution is -0.143. The van der Waals surface area contributed by atoms with Gasteiger partial charge in [0.2, 0.25) is 0 Å². The zero-order valence-electron chi connectivity index (χ0n) is 12.7. The Morgan fingerprint density at radius 3 is 2.43 bits per heavy atom. The van der Waals surface area contributed by atoms with Gasteiger partial charge in [0, 0.05) is 32.8 Å². The van der Waals surface area contributed by atoms with Crippen molar-refractivity contribution in [2.45, 2.75) is 44.9 Å². The summed E-state index contributed by atoms with van der Waals surface area (Å²) in [6, 6.07) is -0.572. The summed E-state index contributed by atoms with van der Waals surface area (Å²) in [5.41, 5.74) is 0. The summed E-state index contributed by atoms with van der Waals surface area (Å²) in [4.78, 5) is 26.8. The van der Waals surface area contributed by atoms with Gasteiger partial charge in [-0.25, -0.2) is 4.79 Å². The second-order valence-electron chi connectivity index (χ2n) is 5.83. The second-order valence-corrected chi connectivity index (χ2v) is 5.83. The van der Waals surface area contributed by atoms with Crippen LogP contribution in [0.2, 0.25) is 0 Å². The van der Waals surface area contributed by atoms with Crippen LogP contribution in [-0.2, 0) is 9.53 Å². The minimum atomic E-state index is -0.820. The smallest absolute Gasteiger partial charge is 0.320 e. The van der Waals surface area contributed by atoms with E-state index in [-0.39, 0.29) is 18.2 Å². The number of carboxylic acid groups (broad SMARTS) is 1. The average Bonchev–Trinajstić information content (AvgIpc) is 3.00. The Morgan fingerprint density at radius 1 is 1.24 bits per heavy atom. The monoisotopic (exact) mass is 299 g/mol. The number of carbonyl (C=O) groups is 2. The number of hydrogen-bond donors (Lipinski definition) is 2. The van der Waals surface area contributed by atoms with Gasteiger partial charge in [-0.2, -0.15) is 0 Å². The summed E-state index contributed by atoms with van der Waals surface area (Å²) in [5.74, 6) is -0.820. The van der Waals surface area contributed by atoms with Crippen molar-refractivity contribution < 1.29 is 19.4 Å². The SMILES string of the molecule is CC(NC(=O)N1CCN(C(C)C(=O)O)CC1)C1CCCO1. The van der Waals surface area contributed by atoms with Crippen LogP contribution in [0.25, 0.3) is 0 Å². The number of nitrogens with one attached hydrogen (secondary N) is 1. The quantitative estimate of drug-likeness (QED) is 0.783. The first kappa shape index (κ1) is 16.0. The van der Waals surface area contributed by atoms with Gasteiger partial charge >= 0.3 is 12.0 Å². The normalized spacial score (nSPS) is 26.4. The Morgan fingerprint density at radius 2 is 1.90 bits per heavy atom. The van der Waals surface area contributed by atoms with E-state index in [9.17, 15) is 9.59 Å². The molecule has 7 heteroatoms. The minimum absolute atomic E-state index is 0.0102. The lowest BCUT2D eigenvalue weighted by atomic mass is 10.1. The van der Waals surface area contributed by atoms with Crippen LogP contribution in [0.4, 0.5) is 4.79 Å². The molecule has 3 atom stereocenters. The van der Waals surface area contributed by atoms with Gasteiger partial charge in [0.15, 0.2) is 0 Å². The summed E-state index contributed by atoms with van der Waals surface area (Å²) in [6.45, 7) is 6.72.